The van der Waals surface area contributed by atoms with Crippen molar-refractivity contribution in [2.45, 2.75) is 6.42 Å². The van der Waals surface area contributed by atoms with Crippen molar-refractivity contribution >= 4 is 11.7 Å². The summed E-state index contributed by atoms with van der Waals surface area (Å²) in [5.74, 6) is -0.307. The standard InChI is InChI=1S/C19H17FN4O2/c20-14-3-1-2-13(10-14)18-23-11-16(17(21)24-18)19(26)22-9-8-12-4-6-15(25)7-5-12/h1-7,10-11,25H,8-9H2,(H,22,26)(H2,21,23,24). The van der Waals surface area contributed by atoms with Crippen LogP contribution in [0.3, 0.4) is 0 Å². The summed E-state index contributed by atoms with van der Waals surface area (Å²) in [6, 6.07) is 12.6. The zero-order valence-corrected chi connectivity index (χ0v) is 13.8. The summed E-state index contributed by atoms with van der Waals surface area (Å²) in [7, 11) is 0. The third-order valence-electron chi connectivity index (χ3n) is 3.78. The molecule has 1 amide bonds. The average Bonchev–Trinajstić information content (AvgIpc) is 2.63. The minimum absolute atomic E-state index is 0.0291. The number of hydrogen-bond donors (Lipinski definition) is 3. The highest BCUT2D eigenvalue weighted by Crippen LogP contribution is 2.18. The van der Waals surface area contributed by atoms with E-state index in [1.807, 2.05) is 0 Å². The largest absolute Gasteiger partial charge is 0.508 e. The topological polar surface area (TPSA) is 101 Å². The van der Waals surface area contributed by atoms with Gasteiger partial charge in [-0.25, -0.2) is 14.4 Å². The Kier molecular flexibility index (Phi) is 5.07. The molecule has 0 bridgehead atoms. The molecular weight excluding hydrogens is 335 g/mol. The van der Waals surface area contributed by atoms with Gasteiger partial charge in [0, 0.05) is 18.3 Å². The lowest BCUT2D eigenvalue weighted by Crippen LogP contribution is -2.27. The molecule has 0 aliphatic heterocycles. The highest BCUT2D eigenvalue weighted by atomic mass is 19.1. The molecule has 7 heteroatoms. The van der Waals surface area contributed by atoms with Crippen molar-refractivity contribution in [3.8, 4) is 17.1 Å². The van der Waals surface area contributed by atoms with Gasteiger partial charge in [-0.15, -0.1) is 0 Å². The number of amides is 1. The van der Waals surface area contributed by atoms with Crippen LogP contribution in [0.2, 0.25) is 0 Å². The molecule has 0 aliphatic carbocycles. The number of nitrogen functional groups attached to an aromatic ring is 1. The van der Waals surface area contributed by atoms with Gasteiger partial charge in [-0.3, -0.25) is 4.79 Å². The minimum atomic E-state index is -0.402. The number of rotatable bonds is 5. The number of hydrogen-bond acceptors (Lipinski definition) is 5. The lowest BCUT2D eigenvalue weighted by Gasteiger charge is -2.08. The van der Waals surface area contributed by atoms with Crippen LogP contribution in [0.4, 0.5) is 10.2 Å². The predicted octanol–water partition coefficient (Wildman–Crippen LogP) is 2.54. The van der Waals surface area contributed by atoms with E-state index >= 15 is 0 Å². The van der Waals surface area contributed by atoms with Crippen molar-refractivity contribution in [3.05, 3.63) is 71.7 Å². The van der Waals surface area contributed by atoms with E-state index in [4.69, 9.17) is 5.73 Å². The Hall–Kier alpha value is -3.48. The van der Waals surface area contributed by atoms with Crippen molar-refractivity contribution in [3.63, 3.8) is 0 Å². The zero-order valence-electron chi connectivity index (χ0n) is 13.8. The molecule has 0 atom stereocenters. The van der Waals surface area contributed by atoms with Crippen LogP contribution in [-0.2, 0) is 6.42 Å². The Bertz CT molecular complexity index is 929. The third-order valence-corrected chi connectivity index (χ3v) is 3.78. The number of nitrogens with one attached hydrogen (secondary N) is 1. The minimum Gasteiger partial charge on any atom is -0.508 e. The highest BCUT2D eigenvalue weighted by molar-refractivity contribution is 5.98. The maximum atomic E-state index is 13.3. The molecule has 0 fully saturated rings. The summed E-state index contributed by atoms with van der Waals surface area (Å²) in [6.45, 7) is 0.398. The van der Waals surface area contributed by atoms with E-state index in [-0.39, 0.29) is 28.9 Å². The summed E-state index contributed by atoms with van der Waals surface area (Å²) in [6.07, 6.45) is 1.94. The Balaban J connectivity index is 1.65. The van der Waals surface area contributed by atoms with Crippen molar-refractivity contribution in [2.24, 2.45) is 0 Å². The van der Waals surface area contributed by atoms with Crippen LogP contribution in [-0.4, -0.2) is 27.5 Å². The van der Waals surface area contributed by atoms with E-state index in [2.05, 4.69) is 15.3 Å². The second-order valence-corrected chi connectivity index (χ2v) is 5.68. The molecule has 0 unspecified atom stereocenters. The maximum absolute atomic E-state index is 13.3. The third kappa shape index (κ3) is 4.13. The van der Waals surface area contributed by atoms with Crippen LogP contribution >= 0.6 is 0 Å². The quantitative estimate of drug-likeness (QED) is 0.655. The second kappa shape index (κ2) is 7.60. The van der Waals surface area contributed by atoms with E-state index in [1.54, 1.807) is 36.4 Å². The number of benzene rings is 2. The van der Waals surface area contributed by atoms with E-state index in [1.165, 1.54) is 18.3 Å². The van der Waals surface area contributed by atoms with Crippen LogP contribution in [0.1, 0.15) is 15.9 Å². The van der Waals surface area contributed by atoms with Gasteiger partial charge in [-0.1, -0.05) is 24.3 Å². The van der Waals surface area contributed by atoms with Crippen LogP contribution in [0, 0.1) is 5.82 Å². The number of carbonyl (C=O) groups excluding carboxylic acids is 1. The monoisotopic (exact) mass is 352 g/mol. The van der Waals surface area contributed by atoms with Gasteiger partial charge in [0.15, 0.2) is 5.82 Å². The molecule has 1 heterocycles. The van der Waals surface area contributed by atoms with Gasteiger partial charge in [0.2, 0.25) is 0 Å². The van der Waals surface area contributed by atoms with Crippen molar-refractivity contribution in [1.29, 1.82) is 0 Å². The van der Waals surface area contributed by atoms with E-state index in [0.29, 0.717) is 18.5 Å². The molecule has 2 aromatic carbocycles. The summed E-state index contributed by atoms with van der Waals surface area (Å²) in [5, 5.41) is 12.0. The van der Waals surface area contributed by atoms with E-state index < -0.39 is 5.82 Å². The van der Waals surface area contributed by atoms with Crippen molar-refractivity contribution in [1.82, 2.24) is 15.3 Å². The first kappa shape index (κ1) is 17.3. The molecule has 0 spiro atoms. The summed E-state index contributed by atoms with van der Waals surface area (Å²) >= 11 is 0. The first-order chi connectivity index (χ1) is 12.5. The number of phenolic OH excluding ortho intramolecular Hbond substituents is 1. The van der Waals surface area contributed by atoms with Crippen LogP contribution < -0.4 is 11.1 Å². The van der Waals surface area contributed by atoms with Crippen LogP contribution in [0.15, 0.2) is 54.7 Å². The van der Waals surface area contributed by atoms with Crippen molar-refractivity contribution < 1.29 is 14.3 Å². The Labute approximate surface area is 149 Å². The fraction of sp³-hybridized carbons (Fsp3) is 0.105. The Morgan fingerprint density at radius 2 is 1.96 bits per heavy atom. The molecule has 0 aliphatic rings. The molecule has 3 aromatic rings. The van der Waals surface area contributed by atoms with Gasteiger partial charge in [0.25, 0.3) is 5.91 Å². The Morgan fingerprint density at radius 3 is 2.65 bits per heavy atom. The predicted molar refractivity (Wildman–Crippen MR) is 96.0 cm³/mol. The summed E-state index contributed by atoms with van der Waals surface area (Å²) in [5.41, 5.74) is 7.49. The number of anilines is 1. The SMILES string of the molecule is Nc1nc(-c2cccc(F)c2)ncc1C(=O)NCCc1ccc(O)cc1. The number of aromatic hydroxyl groups is 1. The molecule has 1 aromatic heterocycles. The fourth-order valence-corrected chi connectivity index (χ4v) is 2.41. The molecule has 6 nitrogen and oxygen atoms in total. The van der Waals surface area contributed by atoms with Gasteiger partial charge in [-0.2, -0.15) is 0 Å². The number of carbonyl (C=O) groups is 1. The summed E-state index contributed by atoms with van der Waals surface area (Å²) < 4.78 is 13.3. The normalized spacial score (nSPS) is 10.5. The van der Waals surface area contributed by atoms with Crippen LogP contribution in [0.5, 0.6) is 5.75 Å². The number of phenols is 1. The van der Waals surface area contributed by atoms with Gasteiger partial charge >= 0.3 is 0 Å². The molecule has 0 saturated heterocycles. The Morgan fingerprint density at radius 1 is 1.19 bits per heavy atom. The molecule has 3 rings (SSSR count). The van der Waals surface area contributed by atoms with Crippen molar-refractivity contribution in [2.75, 3.05) is 12.3 Å². The molecule has 26 heavy (non-hydrogen) atoms. The second-order valence-electron chi connectivity index (χ2n) is 5.68. The lowest BCUT2D eigenvalue weighted by atomic mass is 10.1. The van der Waals surface area contributed by atoms with Gasteiger partial charge in [-0.05, 0) is 36.2 Å². The number of aromatic nitrogens is 2. The molecule has 0 saturated carbocycles. The van der Waals surface area contributed by atoms with Gasteiger partial charge in [0.05, 0.1) is 5.56 Å². The number of nitrogens with two attached hydrogens (primary N) is 1. The lowest BCUT2D eigenvalue weighted by molar-refractivity contribution is 0.0954. The summed E-state index contributed by atoms with van der Waals surface area (Å²) in [4.78, 5) is 20.4. The smallest absolute Gasteiger partial charge is 0.256 e. The number of halogens is 1. The fourth-order valence-electron chi connectivity index (χ4n) is 2.41. The first-order valence-electron chi connectivity index (χ1n) is 7.97. The molecule has 132 valence electrons. The van der Waals surface area contributed by atoms with Gasteiger partial charge < -0.3 is 16.2 Å². The highest BCUT2D eigenvalue weighted by Gasteiger charge is 2.13. The molecular formula is C19H17FN4O2. The van der Waals surface area contributed by atoms with E-state index in [0.717, 1.165) is 5.56 Å². The molecule has 4 N–H and O–H groups in total. The van der Waals surface area contributed by atoms with Gasteiger partial charge in [0.1, 0.15) is 17.4 Å². The first-order valence-corrected chi connectivity index (χ1v) is 7.97. The molecule has 0 radical (unpaired) electrons. The van der Waals surface area contributed by atoms with Crippen LogP contribution in [0.25, 0.3) is 11.4 Å². The maximum Gasteiger partial charge on any atom is 0.256 e. The van der Waals surface area contributed by atoms with E-state index in [9.17, 15) is 14.3 Å². The zero-order chi connectivity index (χ0) is 18.5. The number of nitrogens with zero attached hydrogens (tertiary/aromatic N) is 2. The average molecular weight is 352 g/mol.